The first-order chi connectivity index (χ1) is 15.0. The number of hydrogen-bond donors (Lipinski definition) is 0. The number of amides is 2. The van der Waals surface area contributed by atoms with Gasteiger partial charge in [-0.15, -0.1) is 0 Å². The van der Waals surface area contributed by atoms with Gasteiger partial charge in [0.15, 0.2) is 0 Å². The fourth-order valence-electron chi connectivity index (χ4n) is 6.00. The van der Waals surface area contributed by atoms with E-state index in [1.165, 1.54) is 19.1 Å². The molecular formula is C25H26N2O4. The Morgan fingerprint density at radius 3 is 2.32 bits per heavy atom. The number of nitrogens with zero attached hydrogens (tertiary/aromatic N) is 2. The molecule has 0 N–H and O–H groups in total. The predicted octanol–water partition coefficient (Wildman–Crippen LogP) is 3.04. The Bertz CT molecular complexity index is 1040. The monoisotopic (exact) mass is 418 g/mol. The van der Waals surface area contributed by atoms with E-state index in [9.17, 15) is 14.4 Å². The zero-order chi connectivity index (χ0) is 21.8. The maximum atomic E-state index is 13.2. The Labute approximate surface area is 181 Å². The van der Waals surface area contributed by atoms with E-state index >= 15 is 0 Å². The number of likely N-dealkylation sites (tertiary alicyclic amines) is 1. The number of methoxy groups -OCH3 is 1. The van der Waals surface area contributed by atoms with Crippen molar-refractivity contribution in [3.8, 4) is 11.1 Å². The van der Waals surface area contributed by atoms with Gasteiger partial charge >= 0.3 is 5.97 Å². The number of ether oxygens (including phenoxy) is 1. The molecule has 0 aromatic heterocycles. The van der Waals surface area contributed by atoms with Gasteiger partial charge in [-0.05, 0) is 42.5 Å². The van der Waals surface area contributed by atoms with Gasteiger partial charge in [0.1, 0.15) is 5.54 Å². The summed E-state index contributed by atoms with van der Waals surface area (Å²) < 4.78 is 5.22. The summed E-state index contributed by atoms with van der Waals surface area (Å²) in [4.78, 5) is 42.8. The topological polar surface area (TPSA) is 66.9 Å². The van der Waals surface area contributed by atoms with E-state index < -0.39 is 23.3 Å². The number of piperidine rings is 1. The maximum absolute atomic E-state index is 13.2. The molecule has 2 aromatic rings. The molecule has 6 heteroatoms. The second kappa shape index (κ2) is 7.31. The molecule has 5 rings (SSSR count). The van der Waals surface area contributed by atoms with Crippen LogP contribution in [0.4, 0.5) is 0 Å². The second-order valence-electron chi connectivity index (χ2n) is 8.74. The molecule has 3 saturated heterocycles. The van der Waals surface area contributed by atoms with Gasteiger partial charge in [0, 0.05) is 13.1 Å². The van der Waals surface area contributed by atoms with Crippen LogP contribution in [0.2, 0.25) is 0 Å². The molecule has 3 aliphatic rings. The number of rotatable bonds is 3. The molecular weight excluding hydrogens is 392 g/mol. The van der Waals surface area contributed by atoms with Crippen molar-refractivity contribution in [2.45, 2.75) is 30.8 Å². The number of imide groups is 1. The molecule has 0 saturated carbocycles. The van der Waals surface area contributed by atoms with Crippen LogP contribution in [0.1, 0.15) is 30.9 Å². The lowest BCUT2D eigenvalue weighted by Crippen LogP contribution is -2.59. The minimum Gasteiger partial charge on any atom is -0.468 e. The highest BCUT2D eigenvalue weighted by molar-refractivity contribution is 6.09. The predicted molar refractivity (Wildman–Crippen MR) is 115 cm³/mol. The molecule has 3 unspecified atom stereocenters. The van der Waals surface area contributed by atoms with Crippen molar-refractivity contribution in [1.82, 2.24) is 9.80 Å². The van der Waals surface area contributed by atoms with Crippen molar-refractivity contribution < 1.29 is 19.1 Å². The van der Waals surface area contributed by atoms with Gasteiger partial charge in [-0.3, -0.25) is 24.2 Å². The Kier molecular flexibility index (Phi) is 4.70. The molecule has 4 atom stereocenters. The fourth-order valence-corrected chi connectivity index (χ4v) is 6.00. The van der Waals surface area contributed by atoms with Crippen LogP contribution < -0.4 is 0 Å². The van der Waals surface area contributed by atoms with Crippen molar-refractivity contribution in [2.24, 2.45) is 11.8 Å². The first-order valence-corrected chi connectivity index (χ1v) is 10.8. The molecule has 3 fully saturated rings. The third kappa shape index (κ3) is 2.71. The zero-order valence-electron chi connectivity index (χ0n) is 17.8. The summed E-state index contributed by atoms with van der Waals surface area (Å²) in [6, 6.07) is 17.9. The summed E-state index contributed by atoms with van der Waals surface area (Å²) in [5, 5.41) is 0. The molecule has 160 valence electrons. The highest BCUT2D eigenvalue weighted by Gasteiger charge is 2.72. The van der Waals surface area contributed by atoms with Gasteiger partial charge in [-0.1, -0.05) is 54.6 Å². The molecule has 2 amide bonds. The van der Waals surface area contributed by atoms with Crippen LogP contribution >= 0.6 is 0 Å². The third-order valence-corrected chi connectivity index (χ3v) is 7.38. The summed E-state index contributed by atoms with van der Waals surface area (Å²) in [6.07, 6.45) is 2.29. The van der Waals surface area contributed by atoms with E-state index in [2.05, 4.69) is 17.0 Å². The number of carbonyl (C=O) groups excluding carboxylic acids is 3. The standard InChI is InChI=1S/C25H26N2O4/c1-26-22(28)19-20(23(26)29)25(24(30)31-2)14-6-7-15-27(25)21(19)18-12-10-17(11-13-18)16-8-4-3-5-9-16/h3-5,8-13,19-21H,6-7,14-15H2,1-2H3/t19?,20?,21?,25-/m0/s1. The smallest absolute Gasteiger partial charge is 0.327 e. The maximum Gasteiger partial charge on any atom is 0.327 e. The second-order valence-corrected chi connectivity index (χ2v) is 8.74. The molecule has 0 radical (unpaired) electrons. The number of fused-ring (bicyclic) bond motifs is 3. The van der Waals surface area contributed by atoms with E-state index in [0.717, 1.165) is 29.5 Å². The van der Waals surface area contributed by atoms with Gasteiger partial charge in [0.25, 0.3) is 0 Å². The van der Waals surface area contributed by atoms with E-state index in [1.54, 1.807) is 0 Å². The normalized spacial score (nSPS) is 30.3. The van der Waals surface area contributed by atoms with E-state index in [1.807, 2.05) is 42.5 Å². The van der Waals surface area contributed by atoms with Crippen molar-refractivity contribution in [3.63, 3.8) is 0 Å². The highest BCUT2D eigenvalue weighted by atomic mass is 16.5. The summed E-state index contributed by atoms with van der Waals surface area (Å²) in [5.41, 5.74) is 2.09. The average Bonchev–Trinajstić information content (AvgIpc) is 3.25. The largest absolute Gasteiger partial charge is 0.468 e. The SMILES string of the molecule is COC(=O)[C@@]12CCCCN1C(c1ccc(-c3ccccc3)cc1)C1C(=O)N(C)C(=O)C12. The van der Waals surface area contributed by atoms with E-state index in [-0.39, 0.29) is 17.9 Å². The van der Waals surface area contributed by atoms with E-state index in [4.69, 9.17) is 4.74 Å². The van der Waals surface area contributed by atoms with Crippen LogP contribution in [-0.2, 0) is 19.1 Å². The van der Waals surface area contributed by atoms with Crippen LogP contribution in [0.25, 0.3) is 11.1 Å². The van der Waals surface area contributed by atoms with Crippen LogP contribution in [0.15, 0.2) is 54.6 Å². The third-order valence-electron chi connectivity index (χ3n) is 7.38. The Hall–Kier alpha value is -2.99. The Morgan fingerprint density at radius 1 is 0.968 bits per heavy atom. The summed E-state index contributed by atoms with van der Waals surface area (Å²) in [5.74, 6) is -2.14. The molecule has 0 bridgehead atoms. The summed E-state index contributed by atoms with van der Waals surface area (Å²) >= 11 is 0. The lowest BCUT2D eigenvalue weighted by molar-refractivity contribution is -0.163. The van der Waals surface area contributed by atoms with Crippen LogP contribution in [0.5, 0.6) is 0 Å². The van der Waals surface area contributed by atoms with Gasteiger partial charge < -0.3 is 4.74 Å². The lowest BCUT2D eigenvalue weighted by Gasteiger charge is -2.44. The van der Waals surface area contributed by atoms with Crippen molar-refractivity contribution in [2.75, 3.05) is 20.7 Å². The van der Waals surface area contributed by atoms with Crippen molar-refractivity contribution >= 4 is 17.8 Å². The van der Waals surface area contributed by atoms with Gasteiger partial charge in [0.05, 0.1) is 18.9 Å². The summed E-state index contributed by atoms with van der Waals surface area (Å²) in [6.45, 7) is 0.664. The summed E-state index contributed by atoms with van der Waals surface area (Å²) in [7, 11) is 2.89. The molecule has 3 aliphatic heterocycles. The minimum absolute atomic E-state index is 0.204. The van der Waals surface area contributed by atoms with Gasteiger partial charge in [-0.25, -0.2) is 0 Å². The molecule has 31 heavy (non-hydrogen) atoms. The quantitative estimate of drug-likeness (QED) is 0.566. The molecule has 0 aliphatic carbocycles. The highest BCUT2D eigenvalue weighted by Crippen LogP contribution is 2.58. The molecule has 6 nitrogen and oxygen atoms in total. The fraction of sp³-hybridized carbons (Fsp3) is 0.400. The Morgan fingerprint density at radius 2 is 1.65 bits per heavy atom. The molecule has 0 spiro atoms. The van der Waals surface area contributed by atoms with Crippen molar-refractivity contribution in [3.05, 3.63) is 60.2 Å². The Balaban J connectivity index is 1.62. The number of esters is 1. The average molecular weight is 418 g/mol. The van der Waals surface area contributed by atoms with Gasteiger partial charge in [0.2, 0.25) is 11.8 Å². The molecule has 2 aromatic carbocycles. The minimum atomic E-state index is -1.07. The van der Waals surface area contributed by atoms with Crippen molar-refractivity contribution in [1.29, 1.82) is 0 Å². The number of carbonyl (C=O) groups is 3. The zero-order valence-corrected chi connectivity index (χ0v) is 17.8. The van der Waals surface area contributed by atoms with E-state index in [0.29, 0.717) is 13.0 Å². The van der Waals surface area contributed by atoms with Crippen LogP contribution in [0.3, 0.4) is 0 Å². The van der Waals surface area contributed by atoms with Crippen LogP contribution in [0, 0.1) is 11.8 Å². The first-order valence-electron chi connectivity index (χ1n) is 10.8. The number of benzene rings is 2. The van der Waals surface area contributed by atoms with Gasteiger partial charge in [-0.2, -0.15) is 0 Å². The molecule has 3 heterocycles. The first kappa shape index (κ1) is 19.9. The van der Waals surface area contributed by atoms with Crippen LogP contribution in [-0.4, -0.2) is 53.8 Å². The lowest BCUT2D eigenvalue weighted by atomic mass is 9.75. The number of hydrogen-bond acceptors (Lipinski definition) is 5.